The molecule has 0 aliphatic carbocycles. The van der Waals surface area contributed by atoms with Crippen LogP contribution in [-0.2, 0) is 10.0 Å². The number of sulfonamides is 1. The molecular formula is C12H25N3O2S. The Morgan fingerprint density at radius 3 is 2.67 bits per heavy atom. The fourth-order valence-corrected chi connectivity index (χ4v) is 4.21. The minimum atomic E-state index is -3.13. The highest BCUT2D eigenvalue weighted by molar-refractivity contribution is 7.90. The van der Waals surface area contributed by atoms with Gasteiger partial charge in [-0.1, -0.05) is 6.42 Å². The average Bonchev–Trinajstić information content (AvgIpc) is 2.92. The first-order valence-corrected chi connectivity index (χ1v) is 8.57. The first-order chi connectivity index (χ1) is 8.59. The van der Waals surface area contributed by atoms with Crippen molar-refractivity contribution in [1.29, 1.82) is 0 Å². The van der Waals surface area contributed by atoms with Gasteiger partial charge in [-0.05, 0) is 45.8 Å². The van der Waals surface area contributed by atoms with E-state index in [4.69, 9.17) is 0 Å². The summed E-state index contributed by atoms with van der Waals surface area (Å²) in [4.78, 5) is 2.39. The number of piperidine rings is 1. The Hall–Kier alpha value is -0.170. The number of rotatable bonds is 5. The monoisotopic (exact) mass is 275 g/mol. The van der Waals surface area contributed by atoms with Gasteiger partial charge in [-0.25, -0.2) is 13.1 Å². The van der Waals surface area contributed by atoms with Gasteiger partial charge in [-0.3, -0.25) is 4.90 Å². The molecule has 2 N–H and O–H groups in total. The highest BCUT2D eigenvalue weighted by atomic mass is 32.2. The first-order valence-electron chi connectivity index (χ1n) is 7.03. The van der Waals surface area contributed by atoms with Crippen molar-refractivity contribution in [1.82, 2.24) is 14.9 Å². The Labute approximate surface area is 110 Å². The zero-order valence-corrected chi connectivity index (χ0v) is 12.0. The van der Waals surface area contributed by atoms with E-state index in [1.54, 1.807) is 0 Å². The van der Waals surface area contributed by atoms with Crippen molar-refractivity contribution in [2.24, 2.45) is 0 Å². The van der Waals surface area contributed by atoms with Gasteiger partial charge >= 0.3 is 0 Å². The number of likely N-dealkylation sites (tertiary alicyclic amines) is 1. The van der Waals surface area contributed by atoms with Crippen molar-refractivity contribution in [3.8, 4) is 0 Å². The van der Waals surface area contributed by atoms with Gasteiger partial charge in [0.05, 0.1) is 5.25 Å². The molecule has 18 heavy (non-hydrogen) atoms. The maximum atomic E-state index is 12.1. The van der Waals surface area contributed by atoms with Crippen LogP contribution in [0.15, 0.2) is 0 Å². The van der Waals surface area contributed by atoms with Crippen LogP contribution >= 0.6 is 0 Å². The molecule has 0 bridgehead atoms. The number of nitrogens with one attached hydrogen (secondary N) is 2. The summed E-state index contributed by atoms with van der Waals surface area (Å²) in [6, 6.07) is 0.300. The second kappa shape index (κ2) is 6.32. The third-order valence-corrected chi connectivity index (χ3v) is 5.90. The summed E-state index contributed by atoms with van der Waals surface area (Å²) in [6.07, 6.45) is 4.52. The van der Waals surface area contributed by atoms with E-state index in [0.717, 1.165) is 26.1 Å². The van der Waals surface area contributed by atoms with Gasteiger partial charge in [-0.15, -0.1) is 0 Å². The molecule has 0 saturated carbocycles. The lowest BCUT2D eigenvalue weighted by atomic mass is 10.1. The van der Waals surface area contributed by atoms with Crippen molar-refractivity contribution in [2.75, 3.05) is 32.7 Å². The molecule has 2 saturated heterocycles. The van der Waals surface area contributed by atoms with E-state index in [0.29, 0.717) is 19.1 Å². The summed E-state index contributed by atoms with van der Waals surface area (Å²) in [5.74, 6) is 0. The Balaban J connectivity index is 1.79. The van der Waals surface area contributed by atoms with E-state index < -0.39 is 10.0 Å². The molecule has 2 rings (SSSR count). The minimum absolute atomic E-state index is 0.244. The zero-order chi connectivity index (χ0) is 13.0. The van der Waals surface area contributed by atoms with Gasteiger partial charge in [0.2, 0.25) is 10.0 Å². The molecule has 0 radical (unpaired) electrons. The van der Waals surface area contributed by atoms with E-state index in [-0.39, 0.29) is 5.25 Å². The topological polar surface area (TPSA) is 61.4 Å². The van der Waals surface area contributed by atoms with Crippen LogP contribution in [0.5, 0.6) is 0 Å². The lowest BCUT2D eigenvalue weighted by Gasteiger charge is -2.32. The molecule has 106 valence electrons. The smallest absolute Gasteiger partial charge is 0.215 e. The number of nitrogens with zero attached hydrogens (tertiary/aromatic N) is 1. The maximum Gasteiger partial charge on any atom is 0.215 e. The Kier molecular flexibility index (Phi) is 5.00. The molecule has 0 amide bonds. The molecule has 2 atom stereocenters. The largest absolute Gasteiger partial charge is 0.315 e. The lowest BCUT2D eigenvalue weighted by Crippen LogP contribution is -2.46. The highest BCUT2D eigenvalue weighted by Gasteiger charge is 2.29. The zero-order valence-electron chi connectivity index (χ0n) is 11.2. The highest BCUT2D eigenvalue weighted by Crippen LogP contribution is 2.13. The molecule has 2 fully saturated rings. The van der Waals surface area contributed by atoms with Crippen LogP contribution in [0, 0.1) is 0 Å². The van der Waals surface area contributed by atoms with E-state index in [9.17, 15) is 8.42 Å². The molecule has 0 aromatic rings. The maximum absolute atomic E-state index is 12.1. The summed E-state index contributed by atoms with van der Waals surface area (Å²) in [5.41, 5.74) is 0. The molecule has 2 unspecified atom stereocenters. The molecule has 0 aromatic heterocycles. The standard InChI is InChI=1S/C12H25N3O2S/c1-11(15-7-3-2-4-8-15)9-14-18(16,17)12-5-6-13-10-12/h11-14H,2-10H2,1H3. The Morgan fingerprint density at radius 2 is 2.06 bits per heavy atom. The van der Waals surface area contributed by atoms with Crippen LogP contribution in [0.2, 0.25) is 0 Å². The van der Waals surface area contributed by atoms with Crippen LogP contribution in [-0.4, -0.2) is 57.3 Å². The van der Waals surface area contributed by atoms with Crippen LogP contribution in [0.1, 0.15) is 32.6 Å². The molecule has 2 heterocycles. The Bertz CT molecular complexity index is 346. The average molecular weight is 275 g/mol. The summed E-state index contributed by atoms with van der Waals surface area (Å²) in [5, 5.41) is 2.86. The van der Waals surface area contributed by atoms with Crippen molar-refractivity contribution < 1.29 is 8.42 Å². The molecule has 2 aliphatic heterocycles. The number of hydrogen-bond acceptors (Lipinski definition) is 4. The van der Waals surface area contributed by atoms with Gasteiger partial charge in [0.1, 0.15) is 0 Å². The lowest BCUT2D eigenvalue weighted by molar-refractivity contribution is 0.175. The van der Waals surface area contributed by atoms with Crippen LogP contribution in [0.4, 0.5) is 0 Å². The van der Waals surface area contributed by atoms with E-state index in [1.807, 2.05) is 0 Å². The second-order valence-corrected chi connectivity index (χ2v) is 7.50. The van der Waals surface area contributed by atoms with Crippen molar-refractivity contribution in [3.05, 3.63) is 0 Å². The van der Waals surface area contributed by atoms with E-state index in [2.05, 4.69) is 21.9 Å². The van der Waals surface area contributed by atoms with Crippen molar-refractivity contribution in [3.63, 3.8) is 0 Å². The second-order valence-electron chi connectivity index (χ2n) is 5.45. The predicted octanol–water partition coefficient (Wildman–Crippen LogP) is 0.142. The van der Waals surface area contributed by atoms with E-state index >= 15 is 0 Å². The van der Waals surface area contributed by atoms with Crippen LogP contribution in [0.3, 0.4) is 0 Å². The fourth-order valence-electron chi connectivity index (χ4n) is 2.74. The minimum Gasteiger partial charge on any atom is -0.315 e. The first kappa shape index (κ1) is 14.2. The molecule has 6 heteroatoms. The SMILES string of the molecule is CC(CNS(=O)(=O)C1CCNC1)N1CCCCC1. The van der Waals surface area contributed by atoms with Gasteiger partial charge in [0.25, 0.3) is 0 Å². The molecule has 5 nitrogen and oxygen atoms in total. The Morgan fingerprint density at radius 1 is 1.33 bits per heavy atom. The van der Waals surface area contributed by atoms with Gasteiger partial charge in [-0.2, -0.15) is 0 Å². The summed E-state index contributed by atoms with van der Waals surface area (Å²) in [7, 11) is -3.13. The summed E-state index contributed by atoms with van der Waals surface area (Å²) < 4.78 is 26.9. The normalized spacial score (nSPS) is 28.4. The molecule has 0 spiro atoms. The van der Waals surface area contributed by atoms with Gasteiger partial charge < -0.3 is 5.32 Å². The summed E-state index contributed by atoms with van der Waals surface area (Å²) >= 11 is 0. The molecular weight excluding hydrogens is 250 g/mol. The van der Waals surface area contributed by atoms with Crippen molar-refractivity contribution in [2.45, 2.75) is 43.9 Å². The number of hydrogen-bond donors (Lipinski definition) is 2. The van der Waals surface area contributed by atoms with Gasteiger partial charge in [0.15, 0.2) is 0 Å². The van der Waals surface area contributed by atoms with Crippen LogP contribution in [0.25, 0.3) is 0 Å². The quantitative estimate of drug-likeness (QED) is 0.749. The van der Waals surface area contributed by atoms with E-state index in [1.165, 1.54) is 19.3 Å². The van der Waals surface area contributed by atoms with Crippen LogP contribution < -0.4 is 10.0 Å². The third kappa shape index (κ3) is 3.66. The van der Waals surface area contributed by atoms with Crippen molar-refractivity contribution >= 4 is 10.0 Å². The third-order valence-electron chi connectivity index (χ3n) is 4.05. The predicted molar refractivity (Wildman–Crippen MR) is 73.1 cm³/mol. The summed E-state index contributed by atoms with van der Waals surface area (Å²) in [6.45, 7) is 6.27. The fraction of sp³-hybridized carbons (Fsp3) is 1.00. The molecule has 2 aliphatic rings. The molecule has 0 aromatic carbocycles. The van der Waals surface area contributed by atoms with Gasteiger partial charge in [0, 0.05) is 19.1 Å².